The van der Waals surface area contributed by atoms with Crippen molar-refractivity contribution in [2.45, 2.75) is 20.0 Å². The number of methoxy groups -OCH3 is 1. The van der Waals surface area contributed by atoms with Crippen molar-refractivity contribution < 1.29 is 4.74 Å². The van der Waals surface area contributed by atoms with Crippen molar-refractivity contribution in [2.24, 2.45) is 0 Å². The van der Waals surface area contributed by atoms with Crippen molar-refractivity contribution in [1.29, 1.82) is 0 Å². The van der Waals surface area contributed by atoms with E-state index < -0.39 is 0 Å². The number of benzene rings is 1. The van der Waals surface area contributed by atoms with Gasteiger partial charge >= 0.3 is 0 Å². The molecule has 0 saturated carbocycles. The van der Waals surface area contributed by atoms with Crippen LogP contribution in [0.15, 0.2) is 53.3 Å². The van der Waals surface area contributed by atoms with Crippen LogP contribution in [0.3, 0.4) is 0 Å². The molecule has 0 amide bonds. The number of rotatable bonds is 5. The van der Waals surface area contributed by atoms with Crippen molar-refractivity contribution in [1.82, 2.24) is 19.2 Å². The normalized spacial score (nSPS) is 15.8. The highest BCUT2D eigenvalue weighted by atomic mass is 16.5. The zero-order chi connectivity index (χ0) is 19.5. The summed E-state index contributed by atoms with van der Waals surface area (Å²) in [6.07, 6.45) is 0. The van der Waals surface area contributed by atoms with E-state index in [0.717, 1.165) is 62.1 Å². The second-order valence-corrected chi connectivity index (χ2v) is 7.35. The van der Waals surface area contributed by atoms with Crippen LogP contribution in [0.5, 0.6) is 5.75 Å². The maximum Gasteiger partial charge on any atom is 0.258 e. The Bertz CT molecular complexity index is 1010. The third-order valence-electron chi connectivity index (χ3n) is 5.35. The lowest BCUT2D eigenvalue weighted by atomic mass is 10.2. The Morgan fingerprint density at radius 2 is 1.64 bits per heavy atom. The molecule has 1 fully saturated rings. The summed E-state index contributed by atoms with van der Waals surface area (Å²) >= 11 is 0. The molecule has 146 valence electrons. The van der Waals surface area contributed by atoms with Crippen LogP contribution in [0.4, 0.5) is 0 Å². The molecule has 0 aliphatic carbocycles. The number of fused-ring (bicyclic) bond motifs is 1. The SMILES string of the molecule is COc1ccc(CN2CCN(Cc3cc(=O)n4c(C)cccc4n3)CC2)cc1. The van der Waals surface area contributed by atoms with E-state index in [9.17, 15) is 4.79 Å². The Labute approximate surface area is 165 Å². The van der Waals surface area contributed by atoms with E-state index in [1.54, 1.807) is 17.6 Å². The summed E-state index contributed by atoms with van der Waals surface area (Å²) < 4.78 is 6.88. The first kappa shape index (κ1) is 18.7. The van der Waals surface area contributed by atoms with Crippen LogP contribution < -0.4 is 10.3 Å². The summed E-state index contributed by atoms with van der Waals surface area (Å²) in [6, 6.07) is 15.7. The zero-order valence-electron chi connectivity index (χ0n) is 16.5. The molecule has 0 unspecified atom stereocenters. The van der Waals surface area contributed by atoms with Crippen LogP contribution in [0.25, 0.3) is 5.65 Å². The number of hydrogen-bond donors (Lipinski definition) is 0. The second-order valence-electron chi connectivity index (χ2n) is 7.35. The molecule has 0 atom stereocenters. The summed E-state index contributed by atoms with van der Waals surface area (Å²) in [6.45, 7) is 7.58. The van der Waals surface area contributed by atoms with Gasteiger partial charge in [-0.1, -0.05) is 18.2 Å². The van der Waals surface area contributed by atoms with E-state index in [1.807, 2.05) is 37.3 Å². The molecule has 1 aromatic carbocycles. The summed E-state index contributed by atoms with van der Waals surface area (Å²) in [4.78, 5) is 22.0. The van der Waals surface area contributed by atoms with Gasteiger partial charge in [-0.25, -0.2) is 4.98 Å². The summed E-state index contributed by atoms with van der Waals surface area (Å²) in [7, 11) is 1.69. The minimum absolute atomic E-state index is 0.00348. The molecule has 6 nitrogen and oxygen atoms in total. The monoisotopic (exact) mass is 378 g/mol. The second kappa shape index (κ2) is 8.12. The average molecular weight is 378 g/mol. The van der Waals surface area contributed by atoms with Gasteiger partial charge < -0.3 is 4.74 Å². The minimum Gasteiger partial charge on any atom is -0.497 e. The predicted molar refractivity (Wildman–Crippen MR) is 110 cm³/mol. The number of aromatic nitrogens is 2. The van der Waals surface area contributed by atoms with Crippen LogP contribution in [-0.2, 0) is 13.1 Å². The van der Waals surface area contributed by atoms with Crippen LogP contribution in [0.1, 0.15) is 17.0 Å². The molecule has 0 N–H and O–H groups in total. The first-order valence-corrected chi connectivity index (χ1v) is 9.68. The summed E-state index contributed by atoms with van der Waals surface area (Å²) in [5.74, 6) is 0.891. The summed E-state index contributed by atoms with van der Waals surface area (Å²) in [5, 5.41) is 0. The highest BCUT2D eigenvalue weighted by molar-refractivity contribution is 5.40. The molecule has 6 heteroatoms. The fourth-order valence-electron chi connectivity index (χ4n) is 3.77. The smallest absolute Gasteiger partial charge is 0.258 e. The Morgan fingerprint density at radius 3 is 2.32 bits per heavy atom. The predicted octanol–water partition coefficient (Wildman–Crippen LogP) is 2.33. The van der Waals surface area contributed by atoms with Gasteiger partial charge in [0.1, 0.15) is 11.4 Å². The molecule has 1 saturated heterocycles. The van der Waals surface area contributed by atoms with E-state index in [-0.39, 0.29) is 5.56 Å². The molecular formula is C22H26N4O2. The highest BCUT2D eigenvalue weighted by Crippen LogP contribution is 2.15. The van der Waals surface area contributed by atoms with Gasteiger partial charge in [-0.2, -0.15) is 0 Å². The number of aryl methyl sites for hydroxylation is 1. The average Bonchev–Trinajstić information content (AvgIpc) is 2.70. The molecular weight excluding hydrogens is 352 g/mol. The molecule has 2 aromatic heterocycles. The van der Waals surface area contributed by atoms with Gasteiger partial charge in [0.25, 0.3) is 5.56 Å². The highest BCUT2D eigenvalue weighted by Gasteiger charge is 2.18. The van der Waals surface area contributed by atoms with Crippen LogP contribution in [-0.4, -0.2) is 52.5 Å². The number of piperazine rings is 1. The largest absolute Gasteiger partial charge is 0.497 e. The Kier molecular flexibility index (Phi) is 5.41. The molecule has 0 spiro atoms. The topological polar surface area (TPSA) is 50.1 Å². The molecule has 28 heavy (non-hydrogen) atoms. The number of hydrogen-bond acceptors (Lipinski definition) is 5. The van der Waals surface area contributed by atoms with Crippen LogP contribution >= 0.6 is 0 Å². The Morgan fingerprint density at radius 1 is 0.964 bits per heavy atom. The molecule has 1 aliphatic heterocycles. The third-order valence-corrected chi connectivity index (χ3v) is 5.35. The maximum atomic E-state index is 12.5. The third kappa shape index (κ3) is 4.08. The molecule has 0 bridgehead atoms. The lowest BCUT2D eigenvalue weighted by Gasteiger charge is -2.34. The van der Waals surface area contributed by atoms with Gasteiger partial charge in [-0.05, 0) is 36.8 Å². The Balaban J connectivity index is 1.36. The number of ether oxygens (including phenoxy) is 1. The van der Waals surface area contributed by atoms with Crippen molar-refractivity contribution in [3.05, 3.63) is 75.8 Å². The van der Waals surface area contributed by atoms with Gasteiger partial charge in [-0.3, -0.25) is 19.0 Å². The van der Waals surface area contributed by atoms with Gasteiger partial charge in [0.05, 0.1) is 12.8 Å². The van der Waals surface area contributed by atoms with Crippen molar-refractivity contribution in [3.63, 3.8) is 0 Å². The molecule has 3 heterocycles. The van der Waals surface area contributed by atoms with Gasteiger partial charge in [0, 0.05) is 51.0 Å². The number of pyridine rings is 1. The molecule has 4 rings (SSSR count). The lowest BCUT2D eigenvalue weighted by molar-refractivity contribution is 0.121. The van der Waals surface area contributed by atoms with Crippen molar-refractivity contribution in [2.75, 3.05) is 33.3 Å². The summed E-state index contributed by atoms with van der Waals surface area (Å²) in [5.41, 5.74) is 3.78. The van der Waals surface area contributed by atoms with E-state index in [2.05, 4.69) is 26.9 Å². The fourth-order valence-corrected chi connectivity index (χ4v) is 3.77. The quantitative estimate of drug-likeness (QED) is 0.682. The molecule has 3 aromatic rings. The van der Waals surface area contributed by atoms with Gasteiger partial charge in [-0.15, -0.1) is 0 Å². The number of nitrogens with zero attached hydrogens (tertiary/aromatic N) is 4. The van der Waals surface area contributed by atoms with Crippen molar-refractivity contribution in [3.8, 4) is 5.75 Å². The van der Waals surface area contributed by atoms with Crippen LogP contribution in [0.2, 0.25) is 0 Å². The van der Waals surface area contributed by atoms with E-state index in [1.165, 1.54) is 5.56 Å². The lowest BCUT2D eigenvalue weighted by Crippen LogP contribution is -2.45. The minimum atomic E-state index is -0.00348. The molecule has 1 aliphatic rings. The standard InChI is InChI=1S/C22H26N4O2/c1-17-4-3-5-21-23-19(14-22(27)26(17)21)16-25-12-10-24(11-13-25)15-18-6-8-20(28-2)9-7-18/h3-9,14H,10-13,15-16H2,1-2H3. The van der Waals surface area contributed by atoms with E-state index in [0.29, 0.717) is 0 Å². The maximum absolute atomic E-state index is 12.5. The fraction of sp³-hybridized carbons (Fsp3) is 0.364. The van der Waals surface area contributed by atoms with E-state index in [4.69, 9.17) is 4.74 Å². The van der Waals surface area contributed by atoms with Gasteiger partial charge in [0.2, 0.25) is 0 Å². The van der Waals surface area contributed by atoms with Crippen LogP contribution in [0, 0.1) is 6.92 Å². The molecule has 0 radical (unpaired) electrons. The van der Waals surface area contributed by atoms with Gasteiger partial charge in [0.15, 0.2) is 0 Å². The first-order chi connectivity index (χ1) is 13.6. The Hall–Kier alpha value is -2.70. The first-order valence-electron chi connectivity index (χ1n) is 9.68. The zero-order valence-corrected chi connectivity index (χ0v) is 16.5. The van der Waals surface area contributed by atoms with E-state index >= 15 is 0 Å². The van der Waals surface area contributed by atoms with Crippen molar-refractivity contribution >= 4 is 5.65 Å².